The van der Waals surface area contributed by atoms with Crippen LogP contribution in [0.5, 0.6) is 0 Å². The third kappa shape index (κ3) is 3.51. The van der Waals surface area contributed by atoms with E-state index in [9.17, 15) is 4.79 Å². The van der Waals surface area contributed by atoms with Gasteiger partial charge in [0.05, 0.1) is 12.7 Å². The molecule has 0 aliphatic carbocycles. The summed E-state index contributed by atoms with van der Waals surface area (Å²) in [5.74, 6) is -0.777. The summed E-state index contributed by atoms with van der Waals surface area (Å²) in [5.41, 5.74) is 0. The zero-order valence-electron chi connectivity index (χ0n) is 11.7. The van der Waals surface area contributed by atoms with Crippen molar-refractivity contribution in [2.24, 2.45) is 5.92 Å². The van der Waals surface area contributed by atoms with Gasteiger partial charge < -0.3 is 23.7 Å². The molecule has 1 aliphatic rings. The molecule has 106 valence electrons. The van der Waals surface area contributed by atoms with Gasteiger partial charge in [-0.3, -0.25) is 0 Å². The minimum atomic E-state index is -0.526. The van der Waals surface area contributed by atoms with Gasteiger partial charge >= 0.3 is 0 Å². The van der Waals surface area contributed by atoms with Crippen molar-refractivity contribution in [1.82, 2.24) is 0 Å². The second-order valence-corrected chi connectivity index (χ2v) is 4.62. The average Bonchev–Trinajstić information content (AvgIpc) is 2.84. The Labute approximate surface area is 109 Å². The Morgan fingerprint density at radius 1 is 1.44 bits per heavy atom. The minimum absolute atomic E-state index is 0.147. The van der Waals surface area contributed by atoms with Crippen LogP contribution in [-0.4, -0.2) is 44.8 Å². The zero-order valence-corrected chi connectivity index (χ0v) is 11.7. The summed E-state index contributed by atoms with van der Waals surface area (Å²) in [6.07, 6.45) is 1.89. The van der Waals surface area contributed by atoms with Crippen LogP contribution in [0.15, 0.2) is 0 Å². The van der Waals surface area contributed by atoms with E-state index in [2.05, 4.69) is 0 Å². The predicted octanol–water partition coefficient (Wildman–Crippen LogP) is 1.74. The predicted molar refractivity (Wildman–Crippen MR) is 66.1 cm³/mol. The molecular formula is C13H24O5. The molecule has 1 rings (SSSR count). The van der Waals surface area contributed by atoms with Crippen LogP contribution in [0.3, 0.4) is 0 Å². The van der Waals surface area contributed by atoms with Gasteiger partial charge in [-0.15, -0.1) is 0 Å². The molecule has 1 heterocycles. The molecule has 0 spiro atoms. The highest BCUT2D eigenvalue weighted by molar-refractivity contribution is 5.54. The van der Waals surface area contributed by atoms with Gasteiger partial charge in [0.2, 0.25) is 0 Å². The van der Waals surface area contributed by atoms with Crippen LogP contribution < -0.4 is 0 Å². The average molecular weight is 260 g/mol. The lowest BCUT2D eigenvalue weighted by atomic mass is 10.0. The van der Waals surface area contributed by atoms with E-state index in [1.165, 1.54) is 0 Å². The number of ether oxygens (including phenoxy) is 4. The van der Waals surface area contributed by atoms with E-state index in [1.54, 1.807) is 7.11 Å². The molecule has 0 aromatic carbocycles. The van der Waals surface area contributed by atoms with E-state index in [0.717, 1.165) is 19.1 Å². The fraction of sp³-hybridized carbons (Fsp3) is 0.923. The summed E-state index contributed by atoms with van der Waals surface area (Å²) in [6.45, 7) is 6.47. The number of carbonyl (C=O) groups is 1. The number of carbonyl (C=O) groups excluding carboxylic acids is 1. The SMILES string of the molecule is CCC1(CC)OC[C@H]([C@@H](OCOC)[C@@H](C)C=O)O1. The Bertz CT molecular complexity index is 252. The minimum Gasteiger partial charge on any atom is -0.359 e. The molecule has 3 atom stereocenters. The first-order valence-corrected chi connectivity index (χ1v) is 6.50. The van der Waals surface area contributed by atoms with Gasteiger partial charge in [-0.2, -0.15) is 0 Å². The lowest BCUT2D eigenvalue weighted by molar-refractivity contribution is -0.197. The van der Waals surface area contributed by atoms with Crippen molar-refractivity contribution < 1.29 is 23.7 Å². The lowest BCUT2D eigenvalue weighted by Gasteiger charge is -2.29. The number of rotatable bonds is 8. The molecule has 1 aliphatic heterocycles. The molecule has 0 N–H and O–H groups in total. The molecule has 5 nitrogen and oxygen atoms in total. The zero-order chi connectivity index (χ0) is 13.6. The van der Waals surface area contributed by atoms with Crippen molar-refractivity contribution in [3.63, 3.8) is 0 Å². The van der Waals surface area contributed by atoms with Crippen LogP contribution in [0.1, 0.15) is 33.6 Å². The molecule has 1 fully saturated rings. The Kier molecular flexibility index (Phi) is 6.21. The third-order valence-corrected chi connectivity index (χ3v) is 3.43. The molecule has 5 heteroatoms. The van der Waals surface area contributed by atoms with Crippen molar-refractivity contribution in [2.45, 2.75) is 51.6 Å². The van der Waals surface area contributed by atoms with Gasteiger partial charge in [-0.25, -0.2) is 0 Å². The topological polar surface area (TPSA) is 54.0 Å². The van der Waals surface area contributed by atoms with E-state index in [1.807, 2.05) is 20.8 Å². The maximum absolute atomic E-state index is 10.9. The van der Waals surface area contributed by atoms with E-state index in [0.29, 0.717) is 6.61 Å². The van der Waals surface area contributed by atoms with Gasteiger partial charge in [0.25, 0.3) is 0 Å². The van der Waals surface area contributed by atoms with Gasteiger partial charge in [0, 0.05) is 13.0 Å². The first-order valence-electron chi connectivity index (χ1n) is 6.50. The molecule has 0 radical (unpaired) electrons. The molecule has 0 bridgehead atoms. The summed E-state index contributed by atoms with van der Waals surface area (Å²) in [6, 6.07) is 0. The molecule has 1 saturated heterocycles. The summed E-state index contributed by atoms with van der Waals surface area (Å²) in [5, 5.41) is 0. The molecule has 18 heavy (non-hydrogen) atoms. The van der Waals surface area contributed by atoms with Crippen molar-refractivity contribution in [2.75, 3.05) is 20.5 Å². The maximum Gasteiger partial charge on any atom is 0.168 e. The molecule has 0 unspecified atom stereocenters. The van der Waals surface area contributed by atoms with Crippen molar-refractivity contribution in [3.8, 4) is 0 Å². The van der Waals surface area contributed by atoms with Crippen LogP contribution in [0, 0.1) is 5.92 Å². The highest BCUT2D eigenvalue weighted by Crippen LogP contribution is 2.33. The smallest absolute Gasteiger partial charge is 0.168 e. The highest BCUT2D eigenvalue weighted by atomic mass is 16.8. The number of hydrogen-bond acceptors (Lipinski definition) is 5. The Morgan fingerprint density at radius 2 is 2.11 bits per heavy atom. The molecule has 0 saturated carbocycles. The number of methoxy groups -OCH3 is 1. The monoisotopic (exact) mass is 260 g/mol. The van der Waals surface area contributed by atoms with Crippen molar-refractivity contribution in [1.29, 1.82) is 0 Å². The summed E-state index contributed by atoms with van der Waals surface area (Å²) < 4.78 is 22.2. The normalized spacial score (nSPS) is 25.9. The summed E-state index contributed by atoms with van der Waals surface area (Å²) in [4.78, 5) is 10.9. The first kappa shape index (κ1) is 15.6. The van der Waals surface area contributed by atoms with Crippen LogP contribution in [0.4, 0.5) is 0 Å². The summed E-state index contributed by atoms with van der Waals surface area (Å²) in [7, 11) is 1.55. The van der Waals surface area contributed by atoms with Crippen LogP contribution in [0.2, 0.25) is 0 Å². The fourth-order valence-corrected chi connectivity index (χ4v) is 2.18. The van der Waals surface area contributed by atoms with Crippen molar-refractivity contribution >= 4 is 6.29 Å². The Hall–Kier alpha value is -0.490. The first-order chi connectivity index (χ1) is 8.62. The third-order valence-electron chi connectivity index (χ3n) is 3.43. The Balaban J connectivity index is 2.67. The fourth-order valence-electron chi connectivity index (χ4n) is 2.18. The van der Waals surface area contributed by atoms with Gasteiger partial charge in [-0.1, -0.05) is 20.8 Å². The number of aldehydes is 1. The molecule has 0 aromatic rings. The van der Waals surface area contributed by atoms with E-state index in [4.69, 9.17) is 18.9 Å². The largest absolute Gasteiger partial charge is 0.359 e. The van der Waals surface area contributed by atoms with Crippen LogP contribution >= 0.6 is 0 Å². The Morgan fingerprint density at radius 3 is 2.56 bits per heavy atom. The van der Waals surface area contributed by atoms with E-state index >= 15 is 0 Å². The molecular weight excluding hydrogens is 236 g/mol. The van der Waals surface area contributed by atoms with Gasteiger partial charge in [0.15, 0.2) is 5.79 Å². The van der Waals surface area contributed by atoms with Gasteiger partial charge in [-0.05, 0) is 12.8 Å². The van der Waals surface area contributed by atoms with Gasteiger partial charge in [0.1, 0.15) is 19.2 Å². The molecule has 0 amide bonds. The standard InChI is InChI=1S/C13H24O5/c1-5-13(6-2)17-8-11(18-13)12(10(3)7-14)16-9-15-4/h7,10-12H,5-6,8-9H2,1-4H3/t10-,11+,12-/m0/s1. The van der Waals surface area contributed by atoms with E-state index in [-0.39, 0.29) is 24.9 Å². The quantitative estimate of drug-likeness (QED) is 0.491. The number of hydrogen-bond donors (Lipinski definition) is 0. The van der Waals surface area contributed by atoms with Crippen LogP contribution in [-0.2, 0) is 23.7 Å². The second-order valence-electron chi connectivity index (χ2n) is 4.62. The summed E-state index contributed by atoms with van der Waals surface area (Å²) >= 11 is 0. The lowest BCUT2D eigenvalue weighted by Crippen LogP contribution is -2.39. The van der Waals surface area contributed by atoms with Crippen molar-refractivity contribution in [3.05, 3.63) is 0 Å². The van der Waals surface area contributed by atoms with E-state index < -0.39 is 5.79 Å². The van der Waals surface area contributed by atoms with Crippen LogP contribution in [0.25, 0.3) is 0 Å². The highest BCUT2D eigenvalue weighted by Gasteiger charge is 2.43. The maximum atomic E-state index is 10.9. The second kappa shape index (κ2) is 7.19. The molecule has 0 aromatic heterocycles.